The summed E-state index contributed by atoms with van der Waals surface area (Å²) < 4.78 is 0. The van der Waals surface area contributed by atoms with Gasteiger partial charge in [-0.05, 0) is 30.0 Å². The molecule has 0 spiro atoms. The maximum Gasteiger partial charge on any atom is 0.270 e. The van der Waals surface area contributed by atoms with E-state index in [9.17, 15) is 20.0 Å². The van der Waals surface area contributed by atoms with Gasteiger partial charge in [0.15, 0.2) is 5.78 Å². The van der Waals surface area contributed by atoms with E-state index in [4.69, 9.17) is 0 Å². The molecule has 4 rings (SSSR count). The van der Waals surface area contributed by atoms with E-state index in [1.54, 1.807) is 0 Å². The maximum atomic E-state index is 13.1. The van der Waals surface area contributed by atoms with Crippen LogP contribution in [0, 0.1) is 15.5 Å². The highest BCUT2D eigenvalue weighted by molar-refractivity contribution is 6.01. The van der Waals surface area contributed by atoms with Gasteiger partial charge in [0, 0.05) is 35.4 Å². The molecule has 0 radical (unpaired) electrons. The Hall–Kier alpha value is -3.35. The van der Waals surface area contributed by atoms with E-state index in [0.29, 0.717) is 24.0 Å². The first-order chi connectivity index (χ1) is 13.2. The normalized spacial score (nSPS) is 20.4. The number of nitro groups is 1. The van der Waals surface area contributed by atoms with Gasteiger partial charge in [-0.3, -0.25) is 14.9 Å². The molecule has 0 saturated heterocycles. The Morgan fingerprint density at radius 3 is 2.57 bits per heavy atom. The van der Waals surface area contributed by atoms with E-state index in [2.05, 4.69) is 10.6 Å². The number of nitrogens with zero attached hydrogens (tertiary/aromatic N) is 1. The second-order valence-corrected chi connectivity index (χ2v) is 8.08. The number of Topliss-reactive ketones (excluding diaryl/α,β-unsaturated/α-hetero) is 1. The van der Waals surface area contributed by atoms with Crippen molar-refractivity contribution in [3.8, 4) is 5.75 Å². The topological polar surface area (TPSA) is 104 Å². The van der Waals surface area contributed by atoms with Crippen molar-refractivity contribution in [2.75, 3.05) is 10.6 Å². The Kier molecular flexibility index (Phi) is 4.10. The van der Waals surface area contributed by atoms with E-state index < -0.39 is 11.0 Å². The monoisotopic (exact) mass is 379 g/mol. The average molecular weight is 379 g/mol. The van der Waals surface area contributed by atoms with Crippen LogP contribution in [-0.4, -0.2) is 15.8 Å². The first-order valence-electron chi connectivity index (χ1n) is 9.11. The summed E-state index contributed by atoms with van der Waals surface area (Å²) in [6, 6.07) is 10.8. The van der Waals surface area contributed by atoms with Crippen LogP contribution in [0.3, 0.4) is 0 Å². The molecule has 144 valence electrons. The zero-order valence-electron chi connectivity index (χ0n) is 15.7. The zero-order chi connectivity index (χ0) is 20.1. The third-order valence-electron chi connectivity index (χ3n) is 5.25. The van der Waals surface area contributed by atoms with Gasteiger partial charge in [0.1, 0.15) is 5.75 Å². The molecule has 1 aliphatic heterocycles. The number of non-ortho nitro benzene ring substituents is 1. The molecule has 2 aromatic rings. The number of carbonyl (C=O) groups excluding carboxylic acids is 1. The summed E-state index contributed by atoms with van der Waals surface area (Å²) >= 11 is 0. The van der Waals surface area contributed by atoms with Crippen molar-refractivity contribution < 1.29 is 14.8 Å². The van der Waals surface area contributed by atoms with E-state index in [1.165, 1.54) is 18.2 Å². The number of ketones is 1. The molecule has 28 heavy (non-hydrogen) atoms. The van der Waals surface area contributed by atoms with Gasteiger partial charge in [-0.1, -0.05) is 26.0 Å². The van der Waals surface area contributed by atoms with Gasteiger partial charge in [0.25, 0.3) is 5.69 Å². The summed E-state index contributed by atoms with van der Waals surface area (Å²) in [5.41, 5.74) is 2.88. The Labute approximate surface area is 162 Å². The average Bonchev–Trinajstić information content (AvgIpc) is 2.77. The summed E-state index contributed by atoms with van der Waals surface area (Å²) in [6.45, 7) is 4.08. The lowest BCUT2D eigenvalue weighted by Crippen LogP contribution is -2.31. The summed E-state index contributed by atoms with van der Waals surface area (Å²) in [7, 11) is 0. The van der Waals surface area contributed by atoms with Crippen molar-refractivity contribution in [1.29, 1.82) is 0 Å². The molecule has 2 aromatic carbocycles. The number of hydrogen-bond acceptors (Lipinski definition) is 6. The Bertz CT molecular complexity index is 1030. The minimum Gasteiger partial charge on any atom is -0.508 e. The molecule has 0 amide bonds. The quantitative estimate of drug-likeness (QED) is 0.523. The third-order valence-corrected chi connectivity index (χ3v) is 5.25. The number of nitro benzene ring substituents is 1. The minimum absolute atomic E-state index is 0.0324. The van der Waals surface area contributed by atoms with Gasteiger partial charge in [0.2, 0.25) is 0 Å². The number of benzene rings is 2. The number of phenols is 1. The fourth-order valence-electron chi connectivity index (χ4n) is 4.01. The number of rotatable bonds is 2. The van der Waals surface area contributed by atoms with E-state index in [-0.39, 0.29) is 22.6 Å². The molecule has 3 N–H and O–H groups in total. The lowest BCUT2D eigenvalue weighted by Gasteiger charge is -2.34. The predicted molar refractivity (Wildman–Crippen MR) is 106 cm³/mol. The first kappa shape index (κ1) is 18.0. The number of carbonyl (C=O) groups is 1. The van der Waals surface area contributed by atoms with Crippen molar-refractivity contribution in [3.05, 3.63) is 69.4 Å². The molecule has 7 nitrogen and oxygen atoms in total. The molecular weight excluding hydrogens is 358 g/mol. The molecule has 1 aliphatic carbocycles. The summed E-state index contributed by atoms with van der Waals surface area (Å²) in [5, 5.41) is 28.4. The molecule has 7 heteroatoms. The minimum atomic E-state index is -0.686. The summed E-state index contributed by atoms with van der Waals surface area (Å²) in [4.78, 5) is 23.9. The zero-order valence-corrected chi connectivity index (χ0v) is 15.7. The fourth-order valence-corrected chi connectivity index (χ4v) is 4.01. The SMILES string of the molecule is CC1(C)CC(=O)C2=C(C1)Nc1ccccc1N[C@H]2c1cc([N+](=O)[O-])ccc1O. The van der Waals surface area contributed by atoms with Crippen molar-refractivity contribution in [1.82, 2.24) is 0 Å². The molecule has 1 heterocycles. The lowest BCUT2D eigenvalue weighted by atomic mass is 9.73. The predicted octanol–water partition coefficient (Wildman–Crippen LogP) is 4.52. The third kappa shape index (κ3) is 3.09. The van der Waals surface area contributed by atoms with Crippen molar-refractivity contribution in [3.63, 3.8) is 0 Å². The van der Waals surface area contributed by atoms with E-state index >= 15 is 0 Å². The van der Waals surface area contributed by atoms with Crippen molar-refractivity contribution >= 4 is 22.8 Å². The molecule has 0 unspecified atom stereocenters. The van der Waals surface area contributed by atoms with Crippen LogP contribution < -0.4 is 10.6 Å². The standard InChI is InChI=1S/C21H21N3O4/c1-21(2)10-16-19(18(26)11-21)20(23-15-6-4-3-5-14(15)22-16)13-9-12(24(27)28)7-8-17(13)25/h3-9,20,22-23,25H,10-11H2,1-2H3/t20-/m0/s1. The number of phenolic OH excluding ortho intramolecular Hbond substituents is 1. The lowest BCUT2D eigenvalue weighted by molar-refractivity contribution is -0.384. The number of hydrogen-bond donors (Lipinski definition) is 3. The molecule has 0 saturated carbocycles. The Morgan fingerprint density at radius 2 is 1.86 bits per heavy atom. The van der Waals surface area contributed by atoms with Gasteiger partial charge in [-0.2, -0.15) is 0 Å². The van der Waals surface area contributed by atoms with E-state index in [0.717, 1.165) is 17.1 Å². The second-order valence-electron chi connectivity index (χ2n) is 8.08. The second kappa shape index (κ2) is 6.37. The highest BCUT2D eigenvalue weighted by Gasteiger charge is 2.39. The molecule has 0 bridgehead atoms. The van der Waals surface area contributed by atoms with Crippen LogP contribution in [-0.2, 0) is 4.79 Å². The fraction of sp³-hybridized carbons (Fsp3) is 0.286. The van der Waals surface area contributed by atoms with Crippen LogP contribution in [0.1, 0.15) is 38.3 Å². The van der Waals surface area contributed by atoms with Gasteiger partial charge in [-0.15, -0.1) is 0 Å². The number of para-hydroxylation sites is 2. The highest BCUT2D eigenvalue weighted by atomic mass is 16.6. The van der Waals surface area contributed by atoms with Gasteiger partial charge in [0.05, 0.1) is 22.3 Å². The molecule has 2 aliphatic rings. The van der Waals surface area contributed by atoms with Crippen LogP contribution in [0.2, 0.25) is 0 Å². The van der Waals surface area contributed by atoms with Crippen LogP contribution >= 0.6 is 0 Å². The van der Waals surface area contributed by atoms with Crippen molar-refractivity contribution in [2.45, 2.75) is 32.7 Å². The number of anilines is 2. The summed E-state index contributed by atoms with van der Waals surface area (Å²) in [6.07, 6.45) is 1.04. The molecule has 0 fully saturated rings. The number of aromatic hydroxyl groups is 1. The maximum absolute atomic E-state index is 13.1. The largest absolute Gasteiger partial charge is 0.508 e. The smallest absolute Gasteiger partial charge is 0.270 e. The number of nitrogens with one attached hydrogen (secondary N) is 2. The van der Waals surface area contributed by atoms with Crippen LogP contribution in [0.15, 0.2) is 53.7 Å². The van der Waals surface area contributed by atoms with Crippen LogP contribution in [0.25, 0.3) is 0 Å². The summed E-state index contributed by atoms with van der Waals surface area (Å²) in [5.74, 6) is -0.123. The van der Waals surface area contributed by atoms with Gasteiger partial charge >= 0.3 is 0 Å². The Balaban J connectivity index is 1.93. The molecule has 0 aromatic heterocycles. The van der Waals surface area contributed by atoms with Crippen molar-refractivity contribution in [2.24, 2.45) is 5.41 Å². The molecular formula is C21H21N3O4. The molecule has 1 atom stereocenters. The first-order valence-corrected chi connectivity index (χ1v) is 9.11. The number of fused-ring (bicyclic) bond motifs is 1. The van der Waals surface area contributed by atoms with E-state index in [1.807, 2.05) is 38.1 Å². The number of allylic oxidation sites excluding steroid dienone is 1. The van der Waals surface area contributed by atoms with Crippen LogP contribution in [0.4, 0.5) is 17.1 Å². The van der Waals surface area contributed by atoms with Gasteiger partial charge in [-0.25, -0.2) is 0 Å². The van der Waals surface area contributed by atoms with Crippen LogP contribution in [0.5, 0.6) is 5.75 Å². The van der Waals surface area contributed by atoms with Gasteiger partial charge < -0.3 is 15.7 Å². The highest BCUT2D eigenvalue weighted by Crippen LogP contribution is 2.47. The Morgan fingerprint density at radius 1 is 1.14 bits per heavy atom.